The monoisotopic (exact) mass is 413 g/mol. The van der Waals surface area contributed by atoms with Crippen LogP contribution in [0.4, 0.5) is 5.69 Å². The third-order valence-electron chi connectivity index (χ3n) is 4.63. The van der Waals surface area contributed by atoms with Crippen LogP contribution in [0.15, 0.2) is 90.7 Å². The van der Waals surface area contributed by atoms with E-state index in [0.29, 0.717) is 21.9 Å². The molecule has 1 heterocycles. The molecule has 8 heteroatoms. The topological polar surface area (TPSA) is 98.7 Å². The standard InChI is InChI=1S/C22H18NO5P.Li/c24-21(25)22(26)20(15-16-9-7-8-14-19(16)23-22)28-29(27,17-10-3-1-4-11-17)18-12-5-2-6-13-18;/h1-15,23,26H,(H,24,25);/q;+1/p-1. The minimum absolute atomic E-state index is 0. The van der Waals surface area contributed by atoms with Gasteiger partial charge in [0.05, 0.1) is 10.6 Å². The van der Waals surface area contributed by atoms with Gasteiger partial charge in [-0.05, 0) is 36.4 Å². The van der Waals surface area contributed by atoms with Crippen molar-refractivity contribution in [1.82, 2.24) is 0 Å². The summed E-state index contributed by atoms with van der Waals surface area (Å²) in [4.78, 5) is 11.8. The van der Waals surface area contributed by atoms with E-state index in [1.54, 1.807) is 84.9 Å². The third kappa shape index (κ3) is 3.83. The van der Waals surface area contributed by atoms with Gasteiger partial charge in [0.2, 0.25) is 5.72 Å². The first-order valence-corrected chi connectivity index (χ1v) is 10.5. The van der Waals surface area contributed by atoms with Gasteiger partial charge in [-0.25, -0.2) is 0 Å². The fourth-order valence-electron chi connectivity index (χ4n) is 3.12. The number of carbonyl (C=O) groups is 1. The predicted molar refractivity (Wildman–Crippen MR) is 109 cm³/mol. The molecule has 0 bridgehead atoms. The normalized spacial score (nSPS) is 17.6. The van der Waals surface area contributed by atoms with Crippen molar-refractivity contribution >= 4 is 35.7 Å². The Morgan fingerprint density at radius 1 is 0.900 bits per heavy atom. The van der Waals surface area contributed by atoms with Gasteiger partial charge in [-0.2, -0.15) is 0 Å². The van der Waals surface area contributed by atoms with Crippen LogP contribution in [-0.4, -0.2) is 16.8 Å². The van der Waals surface area contributed by atoms with E-state index in [-0.39, 0.29) is 18.9 Å². The molecule has 30 heavy (non-hydrogen) atoms. The fourth-order valence-corrected chi connectivity index (χ4v) is 5.22. The van der Waals surface area contributed by atoms with Gasteiger partial charge in [0.25, 0.3) is 0 Å². The molecule has 1 unspecified atom stereocenters. The Hall–Kier alpha value is -2.74. The Morgan fingerprint density at radius 3 is 1.93 bits per heavy atom. The molecule has 0 spiro atoms. The third-order valence-corrected chi connectivity index (χ3v) is 7.04. The first-order valence-electron chi connectivity index (χ1n) is 8.87. The second-order valence-corrected chi connectivity index (χ2v) is 8.85. The molecule has 146 valence electrons. The Morgan fingerprint density at radius 2 is 1.40 bits per heavy atom. The summed E-state index contributed by atoms with van der Waals surface area (Å²) in [7, 11) is -3.78. The van der Waals surface area contributed by atoms with Gasteiger partial charge >= 0.3 is 26.2 Å². The number of carbonyl (C=O) groups excluding carboxylic acids is 1. The van der Waals surface area contributed by atoms with Gasteiger partial charge in [0.1, 0.15) is 5.97 Å². The molecule has 0 saturated heterocycles. The van der Waals surface area contributed by atoms with Crippen LogP contribution in [0.1, 0.15) is 5.56 Å². The van der Waals surface area contributed by atoms with Crippen LogP contribution < -0.4 is 39.9 Å². The Kier molecular flexibility index (Phi) is 6.26. The Bertz CT molecular complexity index is 1090. The predicted octanol–water partition coefficient (Wildman–Crippen LogP) is -1.16. The zero-order chi connectivity index (χ0) is 20.5. The zero-order valence-corrected chi connectivity index (χ0v) is 17.1. The first-order chi connectivity index (χ1) is 13.9. The molecule has 0 amide bonds. The van der Waals surface area contributed by atoms with Crippen molar-refractivity contribution in [2.45, 2.75) is 5.72 Å². The molecule has 0 radical (unpaired) electrons. The molecule has 1 aliphatic heterocycles. The largest absolute Gasteiger partial charge is 1.00 e. The van der Waals surface area contributed by atoms with Crippen molar-refractivity contribution in [2.75, 3.05) is 5.32 Å². The summed E-state index contributed by atoms with van der Waals surface area (Å²) in [6, 6.07) is 23.7. The summed E-state index contributed by atoms with van der Waals surface area (Å²) in [5, 5.41) is 25.9. The van der Waals surface area contributed by atoms with Crippen molar-refractivity contribution in [3.63, 3.8) is 0 Å². The summed E-state index contributed by atoms with van der Waals surface area (Å²) in [5.74, 6) is -2.22. The molecule has 3 aromatic carbocycles. The quantitative estimate of drug-likeness (QED) is 0.405. The molecule has 3 aromatic rings. The summed E-state index contributed by atoms with van der Waals surface area (Å²) in [6.07, 6.45) is 1.36. The van der Waals surface area contributed by atoms with Crippen molar-refractivity contribution in [2.24, 2.45) is 0 Å². The number of benzene rings is 3. The molecule has 0 aromatic heterocycles. The SMILES string of the molecule is O=C([O-])C1(O)Nc2ccccc2C=C1OP(=O)(c1ccccc1)c1ccccc1.[Li+]. The first kappa shape index (κ1) is 22.0. The van der Waals surface area contributed by atoms with Crippen LogP contribution in [0.5, 0.6) is 0 Å². The van der Waals surface area contributed by atoms with E-state index in [2.05, 4.69) is 5.32 Å². The number of carboxylic acids is 1. The van der Waals surface area contributed by atoms with Crippen LogP contribution in [0.3, 0.4) is 0 Å². The molecule has 0 saturated carbocycles. The van der Waals surface area contributed by atoms with Gasteiger partial charge in [-0.15, -0.1) is 0 Å². The van der Waals surface area contributed by atoms with E-state index < -0.39 is 24.8 Å². The van der Waals surface area contributed by atoms with E-state index in [4.69, 9.17) is 4.52 Å². The summed E-state index contributed by atoms with van der Waals surface area (Å²) in [6.45, 7) is 0. The summed E-state index contributed by atoms with van der Waals surface area (Å²) in [5.41, 5.74) is -1.70. The van der Waals surface area contributed by atoms with E-state index >= 15 is 0 Å². The number of fused-ring (bicyclic) bond motifs is 1. The number of carboxylic acid groups (broad SMARTS) is 1. The Labute approximate surface area is 185 Å². The maximum atomic E-state index is 14.1. The van der Waals surface area contributed by atoms with Crippen LogP contribution in [0, 0.1) is 0 Å². The van der Waals surface area contributed by atoms with Crippen LogP contribution in [-0.2, 0) is 13.9 Å². The van der Waals surface area contributed by atoms with E-state index in [1.165, 1.54) is 6.08 Å². The number of aliphatic hydroxyl groups is 1. The zero-order valence-electron chi connectivity index (χ0n) is 16.2. The number of nitrogens with one attached hydrogen (secondary N) is 1. The maximum Gasteiger partial charge on any atom is 1.00 e. The summed E-state index contributed by atoms with van der Waals surface area (Å²) >= 11 is 0. The smallest absolute Gasteiger partial charge is 0.544 e. The number of anilines is 1. The van der Waals surface area contributed by atoms with E-state index in [1.807, 2.05) is 0 Å². The van der Waals surface area contributed by atoms with E-state index in [9.17, 15) is 19.6 Å². The van der Waals surface area contributed by atoms with Crippen molar-refractivity contribution < 1.29 is 43.0 Å². The van der Waals surface area contributed by atoms with Gasteiger partial charge in [-0.3, -0.25) is 4.57 Å². The maximum absolute atomic E-state index is 14.1. The fraction of sp³-hybridized carbons (Fsp3) is 0.0455. The van der Waals surface area contributed by atoms with Gasteiger partial charge in [0, 0.05) is 11.3 Å². The van der Waals surface area contributed by atoms with Crippen LogP contribution in [0.2, 0.25) is 0 Å². The average molecular weight is 413 g/mol. The molecule has 2 N–H and O–H groups in total. The van der Waals surface area contributed by atoms with Crippen molar-refractivity contribution in [3.05, 3.63) is 96.3 Å². The van der Waals surface area contributed by atoms with E-state index in [0.717, 1.165) is 0 Å². The number of para-hydroxylation sites is 1. The molecule has 4 rings (SSSR count). The summed E-state index contributed by atoms with van der Waals surface area (Å²) < 4.78 is 20.0. The molecule has 1 atom stereocenters. The van der Waals surface area contributed by atoms with Gasteiger partial charge < -0.3 is 24.8 Å². The van der Waals surface area contributed by atoms with Crippen molar-refractivity contribution in [1.29, 1.82) is 0 Å². The number of hydrogen-bond acceptors (Lipinski definition) is 6. The molecule has 1 aliphatic rings. The Balaban J connectivity index is 0.00000256. The van der Waals surface area contributed by atoms with Crippen molar-refractivity contribution in [3.8, 4) is 0 Å². The molecule has 0 aliphatic carbocycles. The number of aliphatic carboxylic acids is 1. The minimum atomic E-state index is -3.78. The van der Waals surface area contributed by atoms with Crippen LogP contribution >= 0.6 is 7.37 Å². The second-order valence-electron chi connectivity index (χ2n) is 6.53. The van der Waals surface area contributed by atoms with Gasteiger partial charge in [0.15, 0.2) is 5.76 Å². The number of hydrogen-bond donors (Lipinski definition) is 2. The molecule has 6 nitrogen and oxygen atoms in total. The molecular weight excluding hydrogens is 396 g/mol. The minimum Gasteiger partial charge on any atom is -0.544 e. The van der Waals surface area contributed by atoms with Gasteiger partial charge in [-0.1, -0.05) is 54.6 Å². The molecular formula is C22H17LiNO5P. The molecule has 0 fully saturated rings. The van der Waals surface area contributed by atoms with Crippen LogP contribution in [0.25, 0.3) is 6.08 Å². The number of rotatable bonds is 5. The second kappa shape index (κ2) is 8.55. The average Bonchev–Trinajstić information content (AvgIpc) is 2.75.